The molecule has 5 nitrogen and oxygen atoms in total. The molecule has 1 heterocycles. The molecule has 0 aliphatic carbocycles. The predicted octanol–water partition coefficient (Wildman–Crippen LogP) is 4.17. The van der Waals surface area contributed by atoms with E-state index in [1.165, 1.54) is 0 Å². The monoisotopic (exact) mass is 464 g/mol. The van der Waals surface area contributed by atoms with E-state index in [2.05, 4.69) is 26.0 Å². The van der Waals surface area contributed by atoms with E-state index in [0.717, 1.165) is 26.9 Å². The van der Waals surface area contributed by atoms with Crippen LogP contribution in [0.2, 0.25) is 0 Å². The van der Waals surface area contributed by atoms with Gasteiger partial charge in [0, 0.05) is 16.7 Å². The summed E-state index contributed by atoms with van der Waals surface area (Å²) in [6.07, 6.45) is 0.228. The molecule has 140 valence electrons. The smallest absolute Gasteiger partial charge is 0.271 e. The Morgan fingerprint density at radius 1 is 1.00 bits per heavy atom. The van der Waals surface area contributed by atoms with E-state index in [1.807, 2.05) is 24.3 Å². The highest BCUT2D eigenvalue weighted by molar-refractivity contribution is 9.10. The first kappa shape index (κ1) is 19.6. The van der Waals surface area contributed by atoms with Crippen LogP contribution >= 0.6 is 27.3 Å². The van der Waals surface area contributed by atoms with E-state index in [4.69, 9.17) is 0 Å². The Hall–Kier alpha value is -2.16. The van der Waals surface area contributed by atoms with Crippen molar-refractivity contribution in [3.8, 4) is 0 Å². The number of carbonyl (C=O) groups excluding carboxylic acids is 1. The van der Waals surface area contributed by atoms with Crippen LogP contribution in [-0.2, 0) is 27.8 Å². The van der Waals surface area contributed by atoms with Gasteiger partial charge in [0.05, 0.1) is 6.42 Å². The molecule has 3 aromatic rings. The standard InChI is InChI=1S/C19H17BrN2O3S2/c20-16-4-1-3-15(11-16)13-21-18(23)12-14-6-8-17(9-7-14)22-27(24,25)19-5-2-10-26-19/h1-11,22H,12-13H2,(H,21,23). The Bertz CT molecular complexity index is 1020. The lowest BCUT2D eigenvalue weighted by Gasteiger charge is -2.08. The topological polar surface area (TPSA) is 75.3 Å². The number of amides is 1. The van der Waals surface area contributed by atoms with Crippen molar-refractivity contribution >= 4 is 48.9 Å². The van der Waals surface area contributed by atoms with Crippen molar-refractivity contribution in [2.45, 2.75) is 17.2 Å². The molecule has 0 saturated carbocycles. The highest BCUT2D eigenvalue weighted by Gasteiger charge is 2.15. The van der Waals surface area contributed by atoms with Crippen molar-refractivity contribution < 1.29 is 13.2 Å². The minimum absolute atomic E-state index is 0.0955. The second-order valence-electron chi connectivity index (χ2n) is 5.82. The van der Waals surface area contributed by atoms with Crippen LogP contribution in [0.15, 0.2) is 74.7 Å². The van der Waals surface area contributed by atoms with Crippen LogP contribution in [0.25, 0.3) is 0 Å². The summed E-state index contributed by atoms with van der Waals surface area (Å²) >= 11 is 4.56. The molecular formula is C19H17BrN2O3S2. The van der Waals surface area contributed by atoms with Gasteiger partial charge in [-0.25, -0.2) is 8.42 Å². The zero-order valence-electron chi connectivity index (χ0n) is 14.2. The summed E-state index contributed by atoms with van der Waals surface area (Å²) in [6, 6.07) is 17.8. The van der Waals surface area contributed by atoms with Crippen molar-refractivity contribution in [1.82, 2.24) is 5.32 Å². The van der Waals surface area contributed by atoms with Crippen molar-refractivity contribution in [3.05, 3.63) is 81.6 Å². The summed E-state index contributed by atoms with van der Waals surface area (Å²) in [4.78, 5) is 12.1. The first-order valence-electron chi connectivity index (χ1n) is 8.09. The van der Waals surface area contributed by atoms with Crippen molar-refractivity contribution in [2.75, 3.05) is 4.72 Å². The van der Waals surface area contributed by atoms with E-state index in [-0.39, 0.29) is 16.5 Å². The molecule has 0 bridgehead atoms. The quantitative estimate of drug-likeness (QED) is 0.550. The maximum Gasteiger partial charge on any atom is 0.271 e. The first-order chi connectivity index (χ1) is 12.9. The van der Waals surface area contributed by atoms with Gasteiger partial charge in [-0.05, 0) is 46.8 Å². The van der Waals surface area contributed by atoms with E-state index in [0.29, 0.717) is 12.2 Å². The molecule has 3 rings (SSSR count). The molecule has 1 amide bonds. The summed E-state index contributed by atoms with van der Waals surface area (Å²) in [5, 5.41) is 4.59. The van der Waals surface area contributed by atoms with Crippen LogP contribution in [0.3, 0.4) is 0 Å². The number of halogens is 1. The van der Waals surface area contributed by atoms with Gasteiger partial charge in [0.2, 0.25) is 5.91 Å². The molecule has 0 saturated heterocycles. The number of hydrogen-bond acceptors (Lipinski definition) is 4. The van der Waals surface area contributed by atoms with E-state index >= 15 is 0 Å². The second-order valence-corrected chi connectivity index (χ2v) is 9.59. The number of hydrogen-bond donors (Lipinski definition) is 2. The number of nitrogens with one attached hydrogen (secondary N) is 2. The average Bonchev–Trinajstić information content (AvgIpc) is 3.17. The third-order valence-electron chi connectivity index (χ3n) is 3.71. The third kappa shape index (κ3) is 5.66. The fourth-order valence-electron chi connectivity index (χ4n) is 2.41. The number of thiophene rings is 1. The zero-order valence-corrected chi connectivity index (χ0v) is 17.4. The van der Waals surface area contributed by atoms with E-state index < -0.39 is 10.0 Å². The molecule has 0 unspecified atom stereocenters. The van der Waals surface area contributed by atoms with Crippen molar-refractivity contribution in [1.29, 1.82) is 0 Å². The molecule has 0 spiro atoms. The van der Waals surface area contributed by atoms with Crippen LogP contribution < -0.4 is 10.0 Å². The van der Waals surface area contributed by atoms with Crippen molar-refractivity contribution in [2.24, 2.45) is 0 Å². The van der Waals surface area contributed by atoms with Crippen LogP contribution in [0.5, 0.6) is 0 Å². The van der Waals surface area contributed by atoms with Crippen LogP contribution in [-0.4, -0.2) is 14.3 Å². The minimum Gasteiger partial charge on any atom is -0.352 e. The molecule has 0 fully saturated rings. The Morgan fingerprint density at radius 3 is 2.44 bits per heavy atom. The predicted molar refractivity (Wildman–Crippen MR) is 111 cm³/mol. The largest absolute Gasteiger partial charge is 0.352 e. The molecular weight excluding hydrogens is 448 g/mol. The zero-order chi connectivity index (χ0) is 19.3. The number of carbonyl (C=O) groups is 1. The normalized spacial score (nSPS) is 11.1. The molecule has 0 atom stereocenters. The lowest BCUT2D eigenvalue weighted by molar-refractivity contribution is -0.120. The Morgan fingerprint density at radius 2 is 1.78 bits per heavy atom. The van der Waals surface area contributed by atoms with Gasteiger partial charge in [0.25, 0.3) is 10.0 Å². The third-order valence-corrected chi connectivity index (χ3v) is 6.98. The highest BCUT2D eigenvalue weighted by Crippen LogP contribution is 2.20. The van der Waals surface area contributed by atoms with Gasteiger partial charge < -0.3 is 5.32 Å². The summed E-state index contributed by atoms with van der Waals surface area (Å²) in [5.74, 6) is -0.0955. The maximum absolute atomic E-state index is 12.2. The lowest BCUT2D eigenvalue weighted by atomic mass is 10.1. The van der Waals surface area contributed by atoms with Gasteiger partial charge >= 0.3 is 0 Å². The summed E-state index contributed by atoms with van der Waals surface area (Å²) in [7, 11) is -3.56. The number of anilines is 1. The minimum atomic E-state index is -3.56. The Labute approximate surface area is 170 Å². The molecule has 27 heavy (non-hydrogen) atoms. The van der Waals surface area contributed by atoms with Gasteiger partial charge in [-0.3, -0.25) is 9.52 Å². The van der Waals surface area contributed by atoms with Gasteiger partial charge in [0.1, 0.15) is 4.21 Å². The fraction of sp³-hybridized carbons (Fsp3) is 0.105. The van der Waals surface area contributed by atoms with Gasteiger partial charge in [0.15, 0.2) is 0 Å². The highest BCUT2D eigenvalue weighted by atomic mass is 79.9. The van der Waals surface area contributed by atoms with Gasteiger partial charge in [-0.15, -0.1) is 11.3 Å². The maximum atomic E-state index is 12.2. The molecule has 0 aliphatic heterocycles. The number of rotatable bonds is 7. The second kappa shape index (κ2) is 8.69. The molecule has 0 aliphatic rings. The van der Waals surface area contributed by atoms with Gasteiger partial charge in [-0.2, -0.15) is 0 Å². The molecule has 0 radical (unpaired) electrons. The molecule has 2 aromatic carbocycles. The first-order valence-corrected chi connectivity index (χ1v) is 11.2. The van der Waals surface area contributed by atoms with Crippen LogP contribution in [0, 0.1) is 0 Å². The lowest BCUT2D eigenvalue weighted by Crippen LogP contribution is -2.24. The van der Waals surface area contributed by atoms with Crippen LogP contribution in [0.1, 0.15) is 11.1 Å². The Kier molecular flexibility index (Phi) is 6.30. The molecule has 1 aromatic heterocycles. The Balaban J connectivity index is 1.55. The van der Waals surface area contributed by atoms with E-state index in [1.54, 1.807) is 41.8 Å². The van der Waals surface area contributed by atoms with Gasteiger partial charge in [-0.1, -0.05) is 46.3 Å². The molecule has 8 heteroatoms. The summed E-state index contributed by atoms with van der Waals surface area (Å²) in [5.41, 5.74) is 2.28. The number of benzene rings is 2. The van der Waals surface area contributed by atoms with Crippen LogP contribution in [0.4, 0.5) is 5.69 Å². The number of sulfonamides is 1. The SMILES string of the molecule is O=C(Cc1ccc(NS(=O)(=O)c2cccs2)cc1)NCc1cccc(Br)c1. The molecule has 2 N–H and O–H groups in total. The van der Waals surface area contributed by atoms with E-state index in [9.17, 15) is 13.2 Å². The summed E-state index contributed by atoms with van der Waals surface area (Å²) in [6.45, 7) is 0.455. The van der Waals surface area contributed by atoms with Crippen molar-refractivity contribution in [3.63, 3.8) is 0 Å². The fourth-order valence-corrected chi connectivity index (χ4v) is 4.91. The summed E-state index contributed by atoms with van der Waals surface area (Å²) < 4.78 is 28.2. The average molecular weight is 465 g/mol.